The average molecular weight is 563 g/mol. The van der Waals surface area contributed by atoms with Crippen LogP contribution in [0.5, 0.6) is 0 Å². The number of carbonyl (C=O) groups is 1. The van der Waals surface area contributed by atoms with Gasteiger partial charge in [0.05, 0.1) is 12.7 Å². The Hall–Kier alpha value is -0.160. The first-order chi connectivity index (χ1) is 18.0. The molecule has 0 aromatic carbocycles. The Balaban J connectivity index is 4.56. The van der Waals surface area contributed by atoms with E-state index in [0.29, 0.717) is 11.7 Å². The van der Waals surface area contributed by atoms with Crippen LogP contribution in [0.3, 0.4) is 0 Å². The van der Waals surface area contributed by atoms with E-state index < -0.39 is 19.8 Å². The highest BCUT2D eigenvalue weighted by atomic mass is 32.2. The largest absolute Gasteiger partial charge is 0.478 e. The summed E-state index contributed by atoms with van der Waals surface area (Å²) in [6, 6.07) is 0. The summed E-state index contributed by atoms with van der Waals surface area (Å²) in [4.78, 5) is 11.8. The Morgan fingerprint density at radius 3 is 1.73 bits per heavy atom. The molecule has 1 N–H and O–H groups in total. The van der Waals surface area contributed by atoms with Crippen molar-refractivity contribution in [3.05, 3.63) is 0 Å². The van der Waals surface area contributed by atoms with Crippen LogP contribution in [0.1, 0.15) is 150 Å². The van der Waals surface area contributed by atoms with E-state index in [-0.39, 0.29) is 19.3 Å². The predicted molar refractivity (Wildman–Crippen MR) is 160 cm³/mol. The van der Waals surface area contributed by atoms with Gasteiger partial charge in [-0.15, -0.1) is 0 Å². The predicted octanol–water partition coefficient (Wildman–Crippen LogP) is 10.1. The fourth-order valence-electron chi connectivity index (χ4n) is 4.46. The van der Waals surface area contributed by atoms with E-state index in [1.54, 1.807) is 0 Å². The second-order valence-electron chi connectivity index (χ2n) is 10.5. The molecule has 0 amide bonds. The Kier molecular flexibility index (Phi) is 26.0. The molecule has 0 heterocycles. The third kappa shape index (κ3) is 19.5. The van der Waals surface area contributed by atoms with Crippen LogP contribution < -0.4 is 0 Å². The van der Waals surface area contributed by atoms with Crippen molar-refractivity contribution in [2.75, 3.05) is 19.0 Å². The van der Waals surface area contributed by atoms with Crippen molar-refractivity contribution in [1.82, 2.24) is 0 Å². The van der Waals surface area contributed by atoms with Crippen molar-refractivity contribution in [1.29, 1.82) is 0 Å². The van der Waals surface area contributed by atoms with Crippen LogP contribution in [0.15, 0.2) is 0 Å². The molecule has 0 aromatic rings. The number of rotatable bonds is 29. The molecule has 0 saturated carbocycles. The minimum absolute atomic E-state index is 0.112. The molecule has 0 aliphatic rings. The van der Waals surface area contributed by atoms with Gasteiger partial charge in [-0.2, -0.15) is 11.8 Å². The quantitative estimate of drug-likeness (QED) is 0.0722. The molecule has 0 aliphatic carbocycles. The van der Waals surface area contributed by atoms with Gasteiger partial charge in [0, 0.05) is 11.9 Å². The first-order valence-corrected chi connectivity index (χ1v) is 17.3. The van der Waals surface area contributed by atoms with E-state index in [1.165, 1.54) is 109 Å². The zero-order valence-electron chi connectivity index (χ0n) is 24.6. The van der Waals surface area contributed by atoms with Gasteiger partial charge in [0.25, 0.3) is 5.34 Å². The lowest BCUT2D eigenvalue weighted by Gasteiger charge is -2.28. The maximum atomic E-state index is 11.8. The first kappa shape index (κ1) is 36.8. The molecule has 3 unspecified atom stereocenters. The van der Waals surface area contributed by atoms with E-state index in [9.17, 15) is 14.5 Å². The molecule has 0 rings (SSSR count). The Morgan fingerprint density at radius 2 is 1.27 bits per heavy atom. The van der Waals surface area contributed by atoms with Gasteiger partial charge in [-0.05, 0) is 31.9 Å². The summed E-state index contributed by atoms with van der Waals surface area (Å²) in [5.74, 6) is -0.117. The number of carboxylic acids is 1. The molecule has 0 aliphatic heterocycles. The van der Waals surface area contributed by atoms with Crippen molar-refractivity contribution in [3.8, 4) is 0 Å². The molecule has 0 aromatic heterocycles. The van der Waals surface area contributed by atoms with Crippen molar-refractivity contribution in [2.24, 2.45) is 0 Å². The maximum Gasteiger partial charge on any atom is 0.350 e. The SMILES string of the molecule is CCCCCCCCCCCCSC(CCCCCCCCC)C(C)OCC(OCCC)(P=O)C(=O)O. The van der Waals surface area contributed by atoms with Gasteiger partial charge in [0.2, 0.25) is 8.46 Å². The number of thioether (sulfide) groups is 1. The van der Waals surface area contributed by atoms with Gasteiger partial charge < -0.3 is 14.6 Å². The van der Waals surface area contributed by atoms with Gasteiger partial charge in [0.15, 0.2) is 0 Å². The second-order valence-corrected chi connectivity index (χ2v) is 12.8. The summed E-state index contributed by atoms with van der Waals surface area (Å²) in [5, 5.41) is 8.17. The highest BCUT2D eigenvalue weighted by Gasteiger charge is 2.42. The lowest BCUT2D eigenvalue weighted by atomic mass is 10.1. The van der Waals surface area contributed by atoms with Crippen molar-refractivity contribution in [3.63, 3.8) is 0 Å². The first-order valence-electron chi connectivity index (χ1n) is 15.4. The normalized spacial score (nSPS) is 15.0. The summed E-state index contributed by atoms with van der Waals surface area (Å²) in [7, 11) is -0.559. The molecule has 0 spiro atoms. The Bertz CT molecular complexity index is 536. The van der Waals surface area contributed by atoms with Gasteiger partial charge in [-0.1, -0.05) is 124 Å². The monoisotopic (exact) mass is 562 g/mol. The number of hydrogen-bond donors (Lipinski definition) is 1. The molecule has 220 valence electrons. The van der Waals surface area contributed by atoms with Crippen molar-refractivity contribution in [2.45, 2.75) is 166 Å². The van der Waals surface area contributed by atoms with Gasteiger partial charge >= 0.3 is 5.97 Å². The number of carboxylic acid groups (broad SMARTS) is 1. The lowest BCUT2D eigenvalue weighted by Crippen LogP contribution is -2.43. The van der Waals surface area contributed by atoms with Crippen LogP contribution in [0.4, 0.5) is 0 Å². The second kappa shape index (κ2) is 26.1. The minimum Gasteiger partial charge on any atom is -0.478 e. The molecular weight excluding hydrogens is 503 g/mol. The van der Waals surface area contributed by atoms with Crippen molar-refractivity contribution < 1.29 is 23.9 Å². The number of hydrogen-bond acceptors (Lipinski definition) is 5. The zero-order chi connectivity index (χ0) is 27.6. The topological polar surface area (TPSA) is 72.8 Å². The van der Waals surface area contributed by atoms with Gasteiger partial charge in [0.1, 0.15) is 0 Å². The number of ether oxygens (including phenoxy) is 2. The summed E-state index contributed by atoms with van der Waals surface area (Å²) in [6.45, 7) is 8.50. The van der Waals surface area contributed by atoms with Crippen LogP contribution in [0, 0.1) is 0 Å². The van der Waals surface area contributed by atoms with E-state index in [4.69, 9.17) is 9.47 Å². The molecule has 0 bridgehead atoms. The highest BCUT2D eigenvalue weighted by molar-refractivity contribution is 7.99. The zero-order valence-corrected chi connectivity index (χ0v) is 26.4. The fraction of sp³-hybridized carbons (Fsp3) is 0.967. The maximum absolute atomic E-state index is 11.8. The fourth-order valence-corrected chi connectivity index (χ4v) is 6.17. The third-order valence-electron chi connectivity index (χ3n) is 7.01. The Labute approximate surface area is 235 Å². The minimum atomic E-state index is -1.81. The van der Waals surface area contributed by atoms with E-state index >= 15 is 0 Å². The van der Waals surface area contributed by atoms with Crippen LogP contribution in [0.25, 0.3) is 0 Å². The molecular formula is C30H59O5PS. The molecule has 0 fully saturated rings. The van der Waals surface area contributed by atoms with Crippen LogP contribution >= 0.6 is 20.2 Å². The summed E-state index contributed by atoms with van der Waals surface area (Å²) < 4.78 is 23.3. The molecule has 0 radical (unpaired) electrons. The van der Waals surface area contributed by atoms with E-state index in [2.05, 4.69) is 13.8 Å². The Morgan fingerprint density at radius 1 is 0.784 bits per heavy atom. The smallest absolute Gasteiger partial charge is 0.350 e. The van der Waals surface area contributed by atoms with E-state index in [0.717, 1.165) is 12.2 Å². The summed E-state index contributed by atoms with van der Waals surface area (Å²) in [5.41, 5.74) is 0. The summed E-state index contributed by atoms with van der Waals surface area (Å²) >= 11 is 1.97. The average Bonchev–Trinajstić information content (AvgIpc) is 2.90. The van der Waals surface area contributed by atoms with Crippen LogP contribution in [-0.2, 0) is 18.8 Å². The number of aliphatic carboxylic acids is 1. The van der Waals surface area contributed by atoms with Gasteiger partial charge in [-0.3, -0.25) is 4.57 Å². The van der Waals surface area contributed by atoms with Crippen LogP contribution in [0.2, 0.25) is 0 Å². The van der Waals surface area contributed by atoms with Crippen molar-refractivity contribution >= 4 is 26.2 Å². The standard InChI is InChI=1S/C30H59O5PS/c1-5-8-10-12-14-15-16-18-20-22-25-37-28(23-21-19-17-13-11-9-6-2)27(4)34-26-30(36-33,29(31)32)35-24-7-3/h27-28H,5-26H2,1-4H3,(H,31,32). The molecule has 37 heavy (non-hydrogen) atoms. The molecule has 3 atom stereocenters. The number of unbranched alkanes of at least 4 members (excludes halogenated alkanes) is 15. The highest BCUT2D eigenvalue weighted by Crippen LogP contribution is 2.30. The van der Waals surface area contributed by atoms with Gasteiger partial charge in [-0.25, -0.2) is 4.79 Å². The molecule has 7 heteroatoms. The molecule has 0 saturated heterocycles. The third-order valence-corrected chi connectivity index (χ3v) is 9.33. The van der Waals surface area contributed by atoms with E-state index in [1.807, 2.05) is 25.6 Å². The lowest BCUT2D eigenvalue weighted by molar-refractivity contribution is -0.162. The molecule has 5 nitrogen and oxygen atoms in total. The summed E-state index contributed by atoms with van der Waals surface area (Å²) in [6.07, 6.45) is 23.9. The van der Waals surface area contributed by atoms with Crippen LogP contribution in [-0.4, -0.2) is 46.7 Å².